The Morgan fingerprint density at radius 1 is 1.47 bits per heavy atom. The second-order valence-electron chi connectivity index (χ2n) is 3.59. The molecule has 15 heavy (non-hydrogen) atoms. The summed E-state index contributed by atoms with van der Waals surface area (Å²) in [6.07, 6.45) is 0. The van der Waals surface area contributed by atoms with Gasteiger partial charge in [0.05, 0.1) is 0 Å². The van der Waals surface area contributed by atoms with Crippen LogP contribution in [-0.2, 0) is 0 Å². The van der Waals surface area contributed by atoms with E-state index >= 15 is 0 Å². The zero-order valence-corrected chi connectivity index (χ0v) is 10.2. The Balaban J connectivity index is 2.76. The van der Waals surface area contributed by atoms with Gasteiger partial charge in [-0.05, 0) is 37.8 Å². The molecule has 0 radical (unpaired) electrons. The van der Waals surface area contributed by atoms with Crippen molar-refractivity contribution in [3.8, 4) is 0 Å². The highest BCUT2D eigenvalue weighted by Gasteiger charge is 2.06. The van der Waals surface area contributed by atoms with Crippen molar-refractivity contribution in [2.75, 3.05) is 5.75 Å². The van der Waals surface area contributed by atoms with Crippen LogP contribution in [-0.4, -0.2) is 17.7 Å². The third kappa shape index (κ3) is 3.96. The van der Waals surface area contributed by atoms with Crippen molar-refractivity contribution in [3.63, 3.8) is 0 Å². The standard InChI is InChI=1S/C12H17NOS/c1-4-15-11-7-5-6-10(8-11)12(14)13-9(2)3/h5-9H,4H2,1-3H3,(H,13,14). The molecule has 0 spiro atoms. The van der Waals surface area contributed by atoms with Crippen LogP contribution < -0.4 is 5.32 Å². The van der Waals surface area contributed by atoms with Crippen molar-refractivity contribution >= 4 is 17.7 Å². The average Bonchev–Trinajstić information content (AvgIpc) is 2.17. The van der Waals surface area contributed by atoms with Gasteiger partial charge in [-0.3, -0.25) is 4.79 Å². The monoisotopic (exact) mass is 223 g/mol. The number of hydrogen-bond acceptors (Lipinski definition) is 2. The maximum absolute atomic E-state index is 11.7. The summed E-state index contributed by atoms with van der Waals surface area (Å²) in [7, 11) is 0. The molecule has 1 N–H and O–H groups in total. The van der Waals surface area contributed by atoms with Gasteiger partial charge < -0.3 is 5.32 Å². The van der Waals surface area contributed by atoms with E-state index in [1.54, 1.807) is 11.8 Å². The molecule has 0 atom stereocenters. The second-order valence-corrected chi connectivity index (χ2v) is 4.93. The third-order valence-corrected chi connectivity index (χ3v) is 2.70. The van der Waals surface area contributed by atoms with Crippen LogP contribution in [0.5, 0.6) is 0 Å². The van der Waals surface area contributed by atoms with Gasteiger partial charge in [-0.15, -0.1) is 11.8 Å². The van der Waals surface area contributed by atoms with Crippen LogP contribution >= 0.6 is 11.8 Å². The molecule has 0 saturated carbocycles. The molecule has 0 fully saturated rings. The maximum atomic E-state index is 11.7. The molecule has 1 aromatic carbocycles. The summed E-state index contributed by atoms with van der Waals surface area (Å²) in [6.45, 7) is 6.02. The predicted octanol–water partition coefficient (Wildman–Crippen LogP) is 2.94. The SMILES string of the molecule is CCSc1cccc(C(=O)NC(C)C)c1. The molecule has 0 bridgehead atoms. The van der Waals surface area contributed by atoms with E-state index in [9.17, 15) is 4.79 Å². The number of carbonyl (C=O) groups is 1. The lowest BCUT2D eigenvalue weighted by Gasteiger charge is -2.08. The first-order chi connectivity index (χ1) is 7.13. The molecule has 0 saturated heterocycles. The largest absolute Gasteiger partial charge is 0.350 e. The molecule has 1 rings (SSSR count). The van der Waals surface area contributed by atoms with Gasteiger partial charge >= 0.3 is 0 Å². The van der Waals surface area contributed by atoms with Gasteiger partial charge in [0.1, 0.15) is 0 Å². The minimum Gasteiger partial charge on any atom is -0.350 e. The Labute approximate surface area is 95.5 Å². The molecule has 0 unspecified atom stereocenters. The van der Waals surface area contributed by atoms with Gasteiger partial charge in [0.15, 0.2) is 0 Å². The second kappa shape index (κ2) is 5.81. The van der Waals surface area contributed by atoms with E-state index in [1.807, 2.05) is 38.1 Å². The molecular weight excluding hydrogens is 206 g/mol. The van der Waals surface area contributed by atoms with Crippen LogP contribution in [0.2, 0.25) is 0 Å². The first-order valence-corrected chi connectivity index (χ1v) is 6.15. The number of rotatable bonds is 4. The summed E-state index contributed by atoms with van der Waals surface area (Å²) in [4.78, 5) is 12.8. The van der Waals surface area contributed by atoms with Gasteiger partial charge in [0.25, 0.3) is 5.91 Å². The third-order valence-electron chi connectivity index (χ3n) is 1.83. The number of amides is 1. The van der Waals surface area contributed by atoms with Crippen molar-refractivity contribution in [2.24, 2.45) is 0 Å². The van der Waals surface area contributed by atoms with Gasteiger partial charge in [-0.1, -0.05) is 13.0 Å². The number of benzene rings is 1. The van der Waals surface area contributed by atoms with Gasteiger partial charge in [-0.2, -0.15) is 0 Å². The van der Waals surface area contributed by atoms with Crippen LogP contribution in [0.15, 0.2) is 29.2 Å². The number of thioether (sulfide) groups is 1. The normalized spacial score (nSPS) is 10.4. The highest BCUT2D eigenvalue weighted by atomic mass is 32.2. The van der Waals surface area contributed by atoms with Crippen LogP contribution in [0, 0.1) is 0 Å². The fourth-order valence-corrected chi connectivity index (χ4v) is 1.96. The Kier molecular flexibility index (Phi) is 4.69. The first kappa shape index (κ1) is 12.1. The summed E-state index contributed by atoms with van der Waals surface area (Å²) < 4.78 is 0. The fourth-order valence-electron chi connectivity index (χ4n) is 1.24. The molecule has 3 heteroatoms. The zero-order valence-electron chi connectivity index (χ0n) is 9.41. The summed E-state index contributed by atoms with van der Waals surface area (Å²) in [5.41, 5.74) is 0.738. The van der Waals surface area contributed by atoms with Crippen LogP contribution in [0.3, 0.4) is 0 Å². The van der Waals surface area contributed by atoms with Crippen molar-refractivity contribution in [3.05, 3.63) is 29.8 Å². The number of carbonyl (C=O) groups excluding carboxylic acids is 1. The van der Waals surface area contributed by atoms with Gasteiger partial charge in [0, 0.05) is 16.5 Å². The lowest BCUT2D eigenvalue weighted by Crippen LogP contribution is -2.29. The Morgan fingerprint density at radius 3 is 2.80 bits per heavy atom. The predicted molar refractivity (Wildman–Crippen MR) is 65.4 cm³/mol. The van der Waals surface area contributed by atoms with Crippen molar-refractivity contribution < 1.29 is 4.79 Å². The van der Waals surface area contributed by atoms with Crippen LogP contribution in [0.1, 0.15) is 31.1 Å². The highest BCUT2D eigenvalue weighted by molar-refractivity contribution is 7.99. The Morgan fingerprint density at radius 2 is 2.20 bits per heavy atom. The summed E-state index contributed by atoms with van der Waals surface area (Å²) in [6, 6.07) is 7.91. The van der Waals surface area contributed by atoms with E-state index in [4.69, 9.17) is 0 Å². The summed E-state index contributed by atoms with van der Waals surface area (Å²) >= 11 is 1.75. The molecule has 2 nitrogen and oxygen atoms in total. The molecule has 0 aliphatic carbocycles. The van der Waals surface area contributed by atoms with E-state index in [0.29, 0.717) is 0 Å². The lowest BCUT2D eigenvalue weighted by molar-refractivity contribution is 0.0943. The van der Waals surface area contributed by atoms with Crippen molar-refractivity contribution in [2.45, 2.75) is 31.7 Å². The average molecular weight is 223 g/mol. The molecule has 82 valence electrons. The summed E-state index contributed by atoms with van der Waals surface area (Å²) in [5.74, 6) is 1.03. The van der Waals surface area contributed by atoms with E-state index in [-0.39, 0.29) is 11.9 Å². The van der Waals surface area contributed by atoms with Crippen molar-refractivity contribution in [1.29, 1.82) is 0 Å². The van der Waals surface area contributed by atoms with E-state index in [2.05, 4.69) is 12.2 Å². The molecular formula is C12H17NOS. The van der Waals surface area contributed by atoms with Crippen molar-refractivity contribution in [1.82, 2.24) is 5.32 Å². The smallest absolute Gasteiger partial charge is 0.251 e. The maximum Gasteiger partial charge on any atom is 0.251 e. The van der Waals surface area contributed by atoms with E-state index in [0.717, 1.165) is 16.2 Å². The highest BCUT2D eigenvalue weighted by Crippen LogP contribution is 2.18. The first-order valence-electron chi connectivity index (χ1n) is 5.17. The molecule has 0 aliphatic rings. The van der Waals surface area contributed by atoms with Gasteiger partial charge in [0.2, 0.25) is 0 Å². The molecule has 0 aromatic heterocycles. The minimum absolute atomic E-state index is 0.00329. The Bertz CT molecular complexity index is 336. The molecule has 0 aliphatic heterocycles. The quantitative estimate of drug-likeness (QED) is 0.795. The minimum atomic E-state index is 0.00329. The number of hydrogen-bond donors (Lipinski definition) is 1. The van der Waals surface area contributed by atoms with Gasteiger partial charge in [-0.25, -0.2) is 0 Å². The lowest BCUT2D eigenvalue weighted by atomic mass is 10.2. The number of nitrogens with one attached hydrogen (secondary N) is 1. The Hall–Kier alpha value is -0.960. The fraction of sp³-hybridized carbons (Fsp3) is 0.417. The van der Waals surface area contributed by atoms with E-state index < -0.39 is 0 Å². The van der Waals surface area contributed by atoms with Crippen LogP contribution in [0.25, 0.3) is 0 Å². The summed E-state index contributed by atoms with van der Waals surface area (Å²) in [5, 5.41) is 2.88. The molecule has 1 aromatic rings. The van der Waals surface area contributed by atoms with Crippen LogP contribution in [0.4, 0.5) is 0 Å². The molecule has 1 amide bonds. The zero-order chi connectivity index (χ0) is 11.3. The topological polar surface area (TPSA) is 29.1 Å². The molecule has 0 heterocycles. The van der Waals surface area contributed by atoms with E-state index in [1.165, 1.54) is 0 Å².